The lowest BCUT2D eigenvalue weighted by molar-refractivity contribution is 0.203. The minimum absolute atomic E-state index is 0.120. The Morgan fingerprint density at radius 1 is 1.32 bits per heavy atom. The van der Waals surface area contributed by atoms with Gasteiger partial charge in [-0.3, -0.25) is 5.32 Å². The molecule has 1 aromatic carbocycles. The Morgan fingerprint density at radius 3 is 2.88 bits per heavy atom. The van der Waals surface area contributed by atoms with Crippen molar-refractivity contribution < 1.29 is 13.9 Å². The Bertz CT molecular complexity index is 1380. The first-order valence-corrected chi connectivity index (χ1v) is 10.5. The Balaban J connectivity index is 1.68. The summed E-state index contributed by atoms with van der Waals surface area (Å²) in [6.45, 7) is 0.953. The van der Waals surface area contributed by atoms with Gasteiger partial charge in [0.05, 0.1) is 25.0 Å². The maximum absolute atomic E-state index is 14.5. The number of benzene rings is 1. The Labute approximate surface area is 194 Å². The third kappa shape index (κ3) is 4.76. The summed E-state index contributed by atoms with van der Waals surface area (Å²) >= 11 is 0. The Morgan fingerprint density at radius 2 is 2.15 bits per heavy atom. The largest absolute Gasteiger partial charge is 0.383 e. The van der Waals surface area contributed by atoms with Gasteiger partial charge in [0, 0.05) is 44.4 Å². The number of primary amides is 1. The van der Waals surface area contributed by atoms with Crippen molar-refractivity contribution in [3.63, 3.8) is 0 Å². The number of pyridine rings is 1. The summed E-state index contributed by atoms with van der Waals surface area (Å²) in [5.74, 6) is 0.428. The molecule has 0 aliphatic rings. The average molecular weight is 468 g/mol. The molecule has 0 spiro atoms. The van der Waals surface area contributed by atoms with Crippen molar-refractivity contribution in [3.05, 3.63) is 42.0 Å². The zero-order chi connectivity index (χ0) is 24.2. The maximum atomic E-state index is 14.5. The number of aliphatic imine (C=N–C) groups is 1. The lowest BCUT2D eigenvalue weighted by Crippen LogP contribution is -2.44. The number of rotatable bonds is 7. The van der Waals surface area contributed by atoms with Crippen LogP contribution in [-0.2, 0) is 18.3 Å². The number of urea groups is 1. The lowest BCUT2D eigenvalue weighted by Gasteiger charge is -2.10. The highest BCUT2D eigenvalue weighted by atomic mass is 19.1. The zero-order valence-corrected chi connectivity index (χ0v) is 19.1. The van der Waals surface area contributed by atoms with Crippen molar-refractivity contribution >= 4 is 39.9 Å². The molecule has 0 saturated heterocycles. The highest BCUT2D eigenvalue weighted by molar-refractivity contribution is 6.07. The highest BCUT2D eigenvalue weighted by Crippen LogP contribution is 2.32. The minimum atomic E-state index is -0.753. The second-order valence-electron chi connectivity index (χ2n) is 7.63. The van der Waals surface area contributed by atoms with Crippen molar-refractivity contribution in [2.75, 3.05) is 32.6 Å². The molecule has 12 heteroatoms. The number of nitrogens with zero attached hydrogens (tertiary/aromatic N) is 4. The fourth-order valence-corrected chi connectivity index (χ4v) is 3.72. The topological polar surface area (TPSA) is 147 Å². The van der Waals surface area contributed by atoms with Crippen LogP contribution in [0, 0.1) is 5.82 Å². The van der Waals surface area contributed by atoms with Crippen molar-refractivity contribution in [3.8, 4) is 11.3 Å². The van der Waals surface area contributed by atoms with Gasteiger partial charge < -0.3 is 30.7 Å². The number of nitrogens with two attached hydrogens (primary N) is 1. The van der Waals surface area contributed by atoms with Gasteiger partial charge >= 0.3 is 6.03 Å². The summed E-state index contributed by atoms with van der Waals surface area (Å²) in [7, 11) is 5.27. The SMILES string of the molecule is CNc1nc2[nH]c(-c3cc(F)cc(CN=C(NCCOC)NC(N)=O)c3)cc2c2c1ncn2C. The number of imidazole rings is 1. The first-order valence-electron chi connectivity index (χ1n) is 10.5. The zero-order valence-electron chi connectivity index (χ0n) is 19.1. The van der Waals surface area contributed by atoms with E-state index in [1.165, 1.54) is 12.1 Å². The summed E-state index contributed by atoms with van der Waals surface area (Å²) in [6.07, 6.45) is 1.73. The van der Waals surface area contributed by atoms with Crippen molar-refractivity contribution in [1.29, 1.82) is 0 Å². The number of nitrogens with one attached hydrogen (secondary N) is 4. The molecule has 0 fully saturated rings. The number of carbonyl (C=O) groups excluding carboxylic acids is 1. The van der Waals surface area contributed by atoms with Gasteiger partial charge in [0.15, 0.2) is 11.8 Å². The molecular formula is C22H26FN9O2. The fraction of sp³-hybridized carbons (Fsp3) is 0.273. The van der Waals surface area contributed by atoms with Gasteiger partial charge in [-0.2, -0.15) is 0 Å². The van der Waals surface area contributed by atoms with Gasteiger partial charge in [0.1, 0.15) is 17.0 Å². The van der Waals surface area contributed by atoms with Crippen LogP contribution in [0.1, 0.15) is 5.56 Å². The molecule has 3 heterocycles. The molecule has 0 aliphatic carbocycles. The molecule has 0 aliphatic heterocycles. The smallest absolute Gasteiger partial charge is 0.318 e. The van der Waals surface area contributed by atoms with Crippen LogP contribution in [0.5, 0.6) is 0 Å². The van der Waals surface area contributed by atoms with Crippen LogP contribution in [0.2, 0.25) is 0 Å². The number of ether oxygens (including phenoxy) is 1. The number of carbonyl (C=O) groups is 1. The lowest BCUT2D eigenvalue weighted by atomic mass is 10.1. The van der Waals surface area contributed by atoms with Crippen LogP contribution in [0.3, 0.4) is 0 Å². The van der Waals surface area contributed by atoms with Gasteiger partial charge in [-0.1, -0.05) is 0 Å². The molecule has 0 unspecified atom stereocenters. The number of fused-ring (bicyclic) bond motifs is 3. The number of hydrogen-bond acceptors (Lipinski definition) is 6. The minimum Gasteiger partial charge on any atom is -0.383 e. The Kier molecular flexibility index (Phi) is 6.59. The second-order valence-corrected chi connectivity index (χ2v) is 7.63. The second kappa shape index (κ2) is 9.75. The predicted octanol–water partition coefficient (Wildman–Crippen LogP) is 2.06. The number of hydrogen-bond donors (Lipinski definition) is 5. The van der Waals surface area contributed by atoms with Gasteiger partial charge in [-0.15, -0.1) is 0 Å². The average Bonchev–Trinajstić information content (AvgIpc) is 3.40. The molecule has 178 valence electrons. The third-order valence-electron chi connectivity index (χ3n) is 5.20. The van der Waals surface area contributed by atoms with E-state index in [1.807, 2.05) is 23.7 Å². The quantitative estimate of drug-likeness (QED) is 0.160. The summed E-state index contributed by atoms with van der Waals surface area (Å²) in [4.78, 5) is 27.9. The van der Waals surface area contributed by atoms with Crippen LogP contribution in [0.15, 0.2) is 35.6 Å². The molecule has 0 saturated carbocycles. The summed E-state index contributed by atoms with van der Waals surface area (Å²) in [6, 6.07) is 5.84. The number of aryl methyl sites for hydroxylation is 1. The molecule has 34 heavy (non-hydrogen) atoms. The molecule has 3 aromatic heterocycles. The number of halogens is 1. The van der Waals surface area contributed by atoms with E-state index in [-0.39, 0.29) is 12.5 Å². The summed E-state index contributed by atoms with van der Waals surface area (Å²) in [5, 5.41) is 9.29. The number of aromatic amines is 1. The van der Waals surface area contributed by atoms with Crippen molar-refractivity contribution in [1.82, 2.24) is 30.2 Å². The molecule has 0 radical (unpaired) electrons. The first kappa shape index (κ1) is 23.0. The molecule has 2 amide bonds. The number of aromatic nitrogens is 4. The van der Waals surface area contributed by atoms with E-state index in [2.05, 4.69) is 35.9 Å². The monoisotopic (exact) mass is 467 g/mol. The molecule has 4 aromatic rings. The standard InChI is InChI=1S/C22H26FN9O2/c1-25-20-17-18(32(2)11-28-17)15-9-16(29-19(15)30-20)13-6-12(7-14(23)8-13)10-27-22(31-21(24)33)26-4-5-34-3/h6-9,11H,4-5,10H2,1-3H3,(H2,25,29,30)(H4,24,26,27,31,33). The van der Waals surface area contributed by atoms with E-state index in [4.69, 9.17) is 10.5 Å². The highest BCUT2D eigenvalue weighted by Gasteiger charge is 2.16. The summed E-state index contributed by atoms with van der Waals surface area (Å²) in [5.41, 5.74) is 9.50. The van der Waals surface area contributed by atoms with Crippen molar-refractivity contribution in [2.24, 2.45) is 17.8 Å². The maximum Gasteiger partial charge on any atom is 0.318 e. The van der Waals surface area contributed by atoms with Crippen molar-refractivity contribution in [2.45, 2.75) is 6.54 Å². The molecule has 0 bridgehead atoms. The van der Waals surface area contributed by atoms with Gasteiger partial charge in [0.2, 0.25) is 0 Å². The Hall–Kier alpha value is -4.19. The summed E-state index contributed by atoms with van der Waals surface area (Å²) < 4.78 is 21.4. The van der Waals surface area contributed by atoms with E-state index in [0.717, 1.165) is 16.4 Å². The van der Waals surface area contributed by atoms with Crippen LogP contribution >= 0.6 is 0 Å². The molecule has 0 atom stereocenters. The van der Waals surface area contributed by atoms with Gasteiger partial charge in [-0.05, 0) is 29.8 Å². The van der Waals surface area contributed by atoms with Gasteiger partial charge in [0.25, 0.3) is 0 Å². The predicted molar refractivity (Wildman–Crippen MR) is 129 cm³/mol. The molecule has 11 nitrogen and oxygen atoms in total. The normalized spacial score (nSPS) is 11.8. The fourth-order valence-electron chi connectivity index (χ4n) is 3.72. The van der Waals surface area contributed by atoms with E-state index in [9.17, 15) is 9.18 Å². The number of anilines is 1. The number of amides is 2. The third-order valence-corrected chi connectivity index (χ3v) is 5.20. The van der Waals surface area contributed by atoms with E-state index in [0.29, 0.717) is 41.4 Å². The molecule has 6 N–H and O–H groups in total. The number of guanidine groups is 1. The number of H-pyrrole nitrogens is 1. The van der Waals surface area contributed by atoms with Crippen LogP contribution < -0.4 is 21.7 Å². The first-order chi connectivity index (χ1) is 16.4. The van der Waals surface area contributed by atoms with E-state index in [1.54, 1.807) is 20.5 Å². The molecule has 4 rings (SSSR count). The number of methoxy groups -OCH3 is 1. The van der Waals surface area contributed by atoms with Gasteiger partial charge in [-0.25, -0.2) is 24.1 Å². The van der Waals surface area contributed by atoms with E-state index < -0.39 is 11.8 Å². The molecular weight excluding hydrogens is 441 g/mol. The van der Waals surface area contributed by atoms with Crippen LogP contribution in [0.4, 0.5) is 15.0 Å². The van der Waals surface area contributed by atoms with E-state index >= 15 is 0 Å². The van der Waals surface area contributed by atoms with Crippen LogP contribution in [-0.4, -0.2) is 58.8 Å². The van der Waals surface area contributed by atoms with Crippen LogP contribution in [0.25, 0.3) is 33.3 Å².